The number of nitrogen functional groups attached to an aromatic ring is 1. The molecule has 9 nitrogen and oxygen atoms in total. The van der Waals surface area contributed by atoms with Gasteiger partial charge in [-0.15, -0.1) is 5.69 Å². The van der Waals surface area contributed by atoms with Crippen LogP contribution in [0.2, 0.25) is 0 Å². The maximum Gasteiger partial charge on any atom is 1.00 e. The number of nitrogens with zero attached hydrogens (tertiary/aromatic N) is 1. The summed E-state index contributed by atoms with van der Waals surface area (Å²) in [6.07, 6.45) is 6.70. The van der Waals surface area contributed by atoms with E-state index in [4.69, 9.17) is 17.3 Å². The molecule has 344 valence electrons. The van der Waals surface area contributed by atoms with Gasteiger partial charge in [-0.3, -0.25) is 24.0 Å². The number of aryl methyl sites for hydroxylation is 3. The zero-order valence-corrected chi connectivity index (χ0v) is 39.1. The third kappa shape index (κ3) is 13.2. The SMILES string of the molecule is Nc1ccc2c(c1)CCCC2=O.O=C(Cl)c1c(F)cccc1F.O=C1CCCc2cc(NC(=O)c3c(F)cccc3F)ccc21.O=C1CCCc2cc([N-]C(=O)c3c(F)cccc3F)ccc21.[Na+]. The van der Waals surface area contributed by atoms with Gasteiger partial charge in [-0.25, -0.2) is 26.3 Å². The fraction of sp³-hybridized carbons (Fsp3) is 0.176. The summed E-state index contributed by atoms with van der Waals surface area (Å²) in [5.41, 5.74) is 10.0. The van der Waals surface area contributed by atoms with Crippen LogP contribution in [-0.4, -0.2) is 34.4 Å². The minimum Gasteiger partial charge on any atom is -0.622 e. The number of fused-ring (bicyclic) bond motifs is 3. The molecule has 0 radical (unpaired) electrons. The summed E-state index contributed by atoms with van der Waals surface area (Å²) in [6.45, 7) is 0. The second-order valence-corrected chi connectivity index (χ2v) is 15.7. The molecule has 3 aliphatic carbocycles. The van der Waals surface area contributed by atoms with Gasteiger partial charge < -0.3 is 21.2 Å². The molecule has 0 unspecified atom stereocenters. The van der Waals surface area contributed by atoms with Gasteiger partial charge in [0.15, 0.2) is 17.3 Å². The van der Waals surface area contributed by atoms with Crippen LogP contribution in [0.3, 0.4) is 0 Å². The second kappa shape index (κ2) is 24.1. The molecule has 0 bridgehead atoms. The Morgan fingerprint density at radius 1 is 0.500 bits per heavy atom. The molecule has 9 rings (SSSR count). The first kappa shape index (κ1) is 52.6. The quantitative estimate of drug-likeness (QED) is 0.0756. The fourth-order valence-electron chi connectivity index (χ4n) is 7.56. The van der Waals surface area contributed by atoms with Gasteiger partial charge in [0.25, 0.3) is 11.1 Å². The van der Waals surface area contributed by atoms with Crippen molar-refractivity contribution in [1.29, 1.82) is 0 Å². The third-order valence-electron chi connectivity index (χ3n) is 10.8. The molecule has 0 fully saturated rings. The van der Waals surface area contributed by atoms with Crippen LogP contribution in [0.5, 0.6) is 0 Å². The van der Waals surface area contributed by atoms with Crippen LogP contribution in [0.1, 0.15) is 117 Å². The Labute approximate surface area is 413 Å². The van der Waals surface area contributed by atoms with E-state index in [1.807, 2.05) is 12.1 Å². The van der Waals surface area contributed by atoms with Crippen molar-refractivity contribution in [2.75, 3.05) is 11.1 Å². The largest absolute Gasteiger partial charge is 1.00 e. The summed E-state index contributed by atoms with van der Waals surface area (Å²) >= 11 is 4.89. The maximum atomic E-state index is 13.6. The predicted molar refractivity (Wildman–Crippen MR) is 240 cm³/mol. The Hall–Kier alpha value is -6.39. The van der Waals surface area contributed by atoms with E-state index in [9.17, 15) is 55.1 Å². The Morgan fingerprint density at radius 3 is 1.35 bits per heavy atom. The fourth-order valence-corrected chi connectivity index (χ4v) is 7.74. The van der Waals surface area contributed by atoms with Crippen molar-refractivity contribution < 1.29 is 84.7 Å². The Balaban J connectivity index is 0.000000176. The van der Waals surface area contributed by atoms with Crippen molar-refractivity contribution in [2.45, 2.75) is 57.8 Å². The van der Waals surface area contributed by atoms with E-state index in [0.717, 1.165) is 109 Å². The zero-order chi connectivity index (χ0) is 48.4. The molecule has 2 amide bonds. The van der Waals surface area contributed by atoms with Gasteiger partial charge in [-0.2, -0.15) is 0 Å². The number of Topliss-reactive ketones (excluding diaryl/α,β-unsaturated/α-hetero) is 3. The van der Waals surface area contributed by atoms with E-state index < -0.39 is 68.7 Å². The van der Waals surface area contributed by atoms with Gasteiger partial charge in [-0.1, -0.05) is 36.4 Å². The number of benzene rings is 6. The number of carbonyl (C=O) groups is 6. The van der Waals surface area contributed by atoms with E-state index in [2.05, 4.69) is 10.6 Å². The molecule has 0 aromatic heterocycles. The maximum absolute atomic E-state index is 13.6. The molecule has 0 atom stereocenters. The molecule has 68 heavy (non-hydrogen) atoms. The normalized spacial score (nSPS) is 13.2. The average molecular weight is 962 g/mol. The first-order valence-corrected chi connectivity index (χ1v) is 21.2. The molecule has 3 N–H and O–H groups in total. The van der Waals surface area contributed by atoms with Crippen molar-refractivity contribution in [3.8, 4) is 0 Å². The summed E-state index contributed by atoms with van der Waals surface area (Å²) in [6, 6.07) is 24.8. The van der Waals surface area contributed by atoms with Crippen LogP contribution in [0, 0.1) is 34.9 Å². The molecule has 0 saturated heterocycles. The van der Waals surface area contributed by atoms with Crippen LogP contribution in [0.4, 0.5) is 43.4 Å². The summed E-state index contributed by atoms with van der Waals surface area (Å²) in [5.74, 6) is -7.00. The van der Waals surface area contributed by atoms with Crippen LogP contribution < -0.4 is 40.6 Å². The minimum atomic E-state index is -1.12. The number of hydrogen-bond donors (Lipinski definition) is 2. The Kier molecular flexibility index (Phi) is 18.6. The molecule has 0 spiro atoms. The number of rotatable bonds is 5. The predicted octanol–water partition coefficient (Wildman–Crippen LogP) is 9.20. The van der Waals surface area contributed by atoms with Gasteiger partial charge in [0.05, 0.1) is 11.5 Å². The van der Waals surface area contributed by atoms with Gasteiger partial charge in [-0.05, 0) is 140 Å². The number of amides is 2. The first-order valence-electron chi connectivity index (χ1n) is 20.9. The zero-order valence-electron chi connectivity index (χ0n) is 36.4. The average Bonchev–Trinajstić information content (AvgIpc) is 3.27. The molecule has 0 heterocycles. The smallest absolute Gasteiger partial charge is 0.622 e. The third-order valence-corrected chi connectivity index (χ3v) is 11.0. The summed E-state index contributed by atoms with van der Waals surface area (Å²) in [7, 11) is 0. The van der Waals surface area contributed by atoms with E-state index in [1.165, 1.54) is 18.2 Å². The van der Waals surface area contributed by atoms with Crippen molar-refractivity contribution in [2.24, 2.45) is 0 Å². The molecule has 6 aromatic rings. The monoisotopic (exact) mass is 961 g/mol. The molecule has 17 heteroatoms. The van der Waals surface area contributed by atoms with Gasteiger partial charge in [0, 0.05) is 47.3 Å². The standard InChI is InChI=1S/2C17H13F2NO2.C10H11NO.C7H3ClF2O.Na/c2*18-13-4-2-5-14(19)16(13)17(22)20-11-7-8-12-10(9-11)3-1-6-15(12)21;11-8-4-5-9-7(6-8)2-1-3-10(9)12;8-7(11)6-4(9)2-1-3-5(6)10;/h2,4-5,7-9H,1,3,6H2,(H,20,21,22);2,4-5,7-9H,1,3,6H2,(H,20,22);4-6H,1-3,11H2;1-3H;/q;;;;+1/p-1. The van der Waals surface area contributed by atoms with E-state index in [1.54, 1.807) is 36.4 Å². The molecule has 6 aromatic carbocycles. The van der Waals surface area contributed by atoms with Crippen LogP contribution in [0.15, 0.2) is 109 Å². The van der Waals surface area contributed by atoms with Crippen molar-refractivity contribution in [1.82, 2.24) is 0 Å². The number of carbonyl (C=O) groups excluding carboxylic acids is 6. The van der Waals surface area contributed by atoms with Crippen LogP contribution in [0.25, 0.3) is 5.32 Å². The van der Waals surface area contributed by atoms with Gasteiger partial charge in [0.2, 0.25) is 0 Å². The molecule has 0 aliphatic heterocycles. The van der Waals surface area contributed by atoms with Crippen molar-refractivity contribution in [3.05, 3.63) is 199 Å². The van der Waals surface area contributed by atoms with Gasteiger partial charge in [0.1, 0.15) is 46.0 Å². The molecular weight excluding hydrogens is 923 g/mol. The summed E-state index contributed by atoms with van der Waals surface area (Å²) < 4.78 is 79.4. The minimum absolute atomic E-state index is 0. The Bertz CT molecular complexity index is 2740. The molecule has 0 saturated carbocycles. The number of halogens is 7. The molecular formula is C51H39ClF6N3NaO6. The number of anilines is 2. The Morgan fingerprint density at radius 2 is 0.897 bits per heavy atom. The van der Waals surface area contributed by atoms with E-state index in [0.29, 0.717) is 41.8 Å². The number of ketones is 3. The number of nitrogens with two attached hydrogens (primary N) is 1. The number of nitrogens with one attached hydrogen (secondary N) is 1. The molecule has 3 aliphatic rings. The van der Waals surface area contributed by atoms with Crippen LogP contribution in [-0.2, 0) is 19.3 Å². The second-order valence-electron chi connectivity index (χ2n) is 15.4. The van der Waals surface area contributed by atoms with E-state index in [-0.39, 0.29) is 46.9 Å². The van der Waals surface area contributed by atoms with Crippen molar-refractivity contribution >= 4 is 63.1 Å². The van der Waals surface area contributed by atoms with E-state index >= 15 is 0 Å². The first-order chi connectivity index (χ1) is 32.0. The van der Waals surface area contributed by atoms with Crippen LogP contribution >= 0.6 is 11.6 Å². The number of hydrogen-bond acceptors (Lipinski definition) is 7. The summed E-state index contributed by atoms with van der Waals surface area (Å²) in [5, 5.41) is 5.10. The van der Waals surface area contributed by atoms with Crippen molar-refractivity contribution in [3.63, 3.8) is 0 Å². The topological polar surface area (TPSA) is 155 Å². The van der Waals surface area contributed by atoms with Gasteiger partial charge >= 0.3 is 29.6 Å². The summed E-state index contributed by atoms with van der Waals surface area (Å²) in [4.78, 5) is 69.2.